The summed E-state index contributed by atoms with van der Waals surface area (Å²) in [5.41, 5.74) is 2.07. The number of hydrogen-bond acceptors (Lipinski definition) is 7. The van der Waals surface area contributed by atoms with E-state index in [-0.39, 0.29) is 30.4 Å². The van der Waals surface area contributed by atoms with E-state index in [1.807, 2.05) is 6.92 Å². The van der Waals surface area contributed by atoms with Gasteiger partial charge in [0.2, 0.25) is 0 Å². The molecule has 0 aromatic heterocycles. The minimum absolute atomic E-state index is 0.205. The second kappa shape index (κ2) is 17.2. The highest BCUT2D eigenvalue weighted by atomic mass is 19.4. The Kier molecular flexibility index (Phi) is 13.6. The van der Waals surface area contributed by atoms with E-state index < -0.39 is 42.5 Å². The van der Waals surface area contributed by atoms with Gasteiger partial charge in [-0.05, 0) is 79.4 Å². The van der Waals surface area contributed by atoms with E-state index in [4.69, 9.17) is 14.2 Å². The molecule has 1 atom stereocenters. The molecule has 0 aliphatic rings. The van der Waals surface area contributed by atoms with Crippen LogP contribution >= 0.6 is 0 Å². The number of unbranched alkanes of at least 4 members (excludes halogenated alkanes) is 3. The SMILES string of the molecule is CCCCCCC(C)OC(=O)c1ccc(OC(=O)c2ccc(-c3ccc(OCCCOC(=O)C(F)(F)C(F)(F)C(F)(F)F)cc3)cc2)cc1. The summed E-state index contributed by atoms with van der Waals surface area (Å²) < 4.78 is 109. The van der Waals surface area contributed by atoms with Crippen LogP contribution in [-0.4, -0.2) is 55.2 Å². The normalized spacial score (nSPS) is 12.6. The molecule has 3 rings (SSSR count). The minimum Gasteiger partial charge on any atom is -0.493 e. The fourth-order valence-electron chi connectivity index (χ4n) is 4.35. The molecule has 0 fully saturated rings. The van der Waals surface area contributed by atoms with E-state index >= 15 is 0 Å². The molecule has 0 saturated heterocycles. The maximum Gasteiger partial charge on any atom is 0.460 e. The number of rotatable bonds is 17. The Morgan fingerprint density at radius 3 is 1.76 bits per heavy atom. The van der Waals surface area contributed by atoms with Crippen LogP contribution in [0.3, 0.4) is 0 Å². The first kappa shape index (κ1) is 38.8. The molecule has 0 aliphatic heterocycles. The number of halogens is 7. The molecule has 1 unspecified atom stereocenters. The van der Waals surface area contributed by atoms with Crippen molar-refractivity contribution in [1.29, 1.82) is 0 Å². The van der Waals surface area contributed by atoms with Crippen molar-refractivity contribution in [2.24, 2.45) is 0 Å². The zero-order chi connectivity index (χ0) is 36.2. The Hall–Kier alpha value is -4.62. The summed E-state index contributed by atoms with van der Waals surface area (Å²) in [5, 5.41) is 0. The summed E-state index contributed by atoms with van der Waals surface area (Å²) in [5.74, 6) is -16.2. The predicted molar refractivity (Wildman–Crippen MR) is 164 cm³/mol. The lowest BCUT2D eigenvalue weighted by molar-refractivity contribution is -0.348. The van der Waals surface area contributed by atoms with E-state index in [0.29, 0.717) is 11.3 Å². The van der Waals surface area contributed by atoms with E-state index in [9.17, 15) is 45.1 Å². The maximum absolute atomic E-state index is 13.3. The molecule has 7 nitrogen and oxygen atoms in total. The molecule has 14 heteroatoms. The Labute approximate surface area is 278 Å². The molecule has 0 amide bonds. The van der Waals surface area contributed by atoms with Gasteiger partial charge >= 0.3 is 35.9 Å². The molecular formula is C35H35F7O7. The molecule has 0 radical (unpaired) electrons. The number of benzene rings is 3. The lowest BCUT2D eigenvalue weighted by atomic mass is 10.0. The van der Waals surface area contributed by atoms with Gasteiger partial charge in [0, 0.05) is 6.42 Å². The third-order valence-electron chi connectivity index (χ3n) is 7.18. The van der Waals surface area contributed by atoms with Crippen molar-refractivity contribution in [3.8, 4) is 22.6 Å². The van der Waals surface area contributed by atoms with Gasteiger partial charge in [-0.25, -0.2) is 14.4 Å². The van der Waals surface area contributed by atoms with Crippen LogP contribution in [0.1, 0.15) is 73.1 Å². The zero-order valence-electron chi connectivity index (χ0n) is 26.7. The molecule has 3 aromatic carbocycles. The average Bonchev–Trinajstić information content (AvgIpc) is 3.06. The van der Waals surface area contributed by atoms with Crippen LogP contribution in [-0.2, 0) is 14.3 Å². The van der Waals surface area contributed by atoms with Gasteiger partial charge in [-0.2, -0.15) is 30.7 Å². The minimum atomic E-state index is -6.64. The summed E-state index contributed by atoms with van der Waals surface area (Å²) >= 11 is 0. The fourth-order valence-corrected chi connectivity index (χ4v) is 4.35. The van der Waals surface area contributed by atoms with Gasteiger partial charge in [0.1, 0.15) is 11.5 Å². The van der Waals surface area contributed by atoms with Crippen LogP contribution < -0.4 is 9.47 Å². The first-order chi connectivity index (χ1) is 23.1. The number of esters is 3. The Bertz CT molecular complexity index is 1520. The molecule has 0 spiro atoms. The topological polar surface area (TPSA) is 88.1 Å². The van der Waals surface area contributed by atoms with Gasteiger partial charge in [-0.15, -0.1) is 0 Å². The molecule has 0 aliphatic carbocycles. The first-order valence-corrected chi connectivity index (χ1v) is 15.4. The van der Waals surface area contributed by atoms with E-state index in [1.54, 1.807) is 48.5 Å². The van der Waals surface area contributed by atoms with Crippen molar-refractivity contribution in [3.63, 3.8) is 0 Å². The number of ether oxygens (including phenoxy) is 4. The molecule has 0 bridgehead atoms. The molecular weight excluding hydrogens is 665 g/mol. The Morgan fingerprint density at radius 2 is 1.18 bits per heavy atom. The molecule has 3 aromatic rings. The van der Waals surface area contributed by atoms with Crippen molar-refractivity contribution in [2.45, 2.75) is 76.5 Å². The summed E-state index contributed by atoms with van der Waals surface area (Å²) in [6, 6.07) is 19.0. The highest BCUT2D eigenvalue weighted by molar-refractivity contribution is 5.92. The fraction of sp³-hybridized carbons (Fsp3) is 0.400. The van der Waals surface area contributed by atoms with Crippen molar-refractivity contribution in [3.05, 3.63) is 83.9 Å². The average molecular weight is 701 g/mol. The van der Waals surface area contributed by atoms with Crippen molar-refractivity contribution in [2.75, 3.05) is 13.2 Å². The lowest BCUT2D eigenvalue weighted by Crippen LogP contribution is -2.56. The quantitative estimate of drug-likeness (QED) is 0.0601. The molecule has 49 heavy (non-hydrogen) atoms. The number of carbonyl (C=O) groups is 3. The van der Waals surface area contributed by atoms with Crippen molar-refractivity contribution < 1.29 is 64.1 Å². The van der Waals surface area contributed by atoms with Crippen LogP contribution in [0.15, 0.2) is 72.8 Å². The molecule has 0 N–H and O–H groups in total. The Balaban J connectivity index is 1.44. The summed E-state index contributed by atoms with van der Waals surface area (Å²) in [6.07, 6.45) is -1.98. The van der Waals surface area contributed by atoms with Crippen LogP contribution in [0.25, 0.3) is 11.1 Å². The predicted octanol–water partition coefficient (Wildman–Crippen LogP) is 9.23. The van der Waals surface area contributed by atoms with Gasteiger partial charge in [0.15, 0.2) is 0 Å². The van der Waals surface area contributed by atoms with E-state index in [2.05, 4.69) is 11.7 Å². The van der Waals surface area contributed by atoms with E-state index in [0.717, 1.165) is 43.2 Å². The third kappa shape index (κ3) is 10.7. The van der Waals surface area contributed by atoms with Crippen molar-refractivity contribution >= 4 is 17.9 Å². The lowest BCUT2D eigenvalue weighted by Gasteiger charge is -2.26. The summed E-state index contributed by atoms with van der Waals surface area (Å²) in [4.78, 5) is 36.2. The van der Waals surface area contributed by atoms with Gasteiger partial charge < -0.3 is 18.9 Å². The number of hydrogen-bond donors (Lipinski definition) is 0. The first-order valence-electron chi connectivity index (χ1n) is 15.4. The van der Waals surface area contributed by atoms with E-state index in [1.165, 1.54) is 24.3 Å². The van der Waals surface area contributed by atoms with Crippen LogP contribution in [0.4, 0.5) is 30.7 Å². The second-order valence-electron chi connectivity index (χ2n) is 11.1. The third-order valence-corrected chi connectivity index (χ3v) is 7.18. The smallest absolute Gasteiger partial charge is 0.460 e. The van der Waals surface area contributed by atoms with Gasteiger partial charge in [-0.3, -0.25) is 0 Å². The Morgan fingerprint density at radius 1 is 0.653 bits per heavy atom. The summed E-state index contributed by atoms with van der Waals surface area (Å²) in [6.45, 7) is 2.88. The number of carbonyl (C=O) groups excluding carboxylic acids is 3. The monoisotopic (exact) mass is 700 g/mol. The van der Waals surface area contributed by atoms with Gasteiger partial charge in [-0.1, -0.05) is 50.5 Å². The zero-order valence-corrected chi connectivity index (χ0v) is 26.7. The molecule has 266 valence electrons. The van der Waals surface area contributed by atoms with Gasteiger partial charge in [0.25, 0.3) is 0 Å². The number of alkyl halides is 7. The highest BCUT2D eigenvalue weighted by Crippen LogP contribution is 2.47. The van der Waals surface area contributed by atoms with Crippen molar-refractivity contribution in [1.82, 2.24) is 0 Å². The van der Waals surface area contributed by atoms with Gasteiger partial charge in [0.05, 0.1) is 30.4 Å². The molecule has 0 heterocycles. The largest absolute Gasteiger partial charge is 0.493 e. The van der Waals surface area contributed by atoms with Crippen LogP contribution in [0, 0.1) is 0 Å². The van der Waals surface area contributed by atoms with Crippen LogP contribution in [0.2, 0.25) is 0 Å². The standard InChI is InChI=1S/C35H35F7O7/c1-3-4-5-6-8-23(2)48-30(43)27-15-19-29(20-16-27)49-31(44)26-11-9-24(10-12-26)25-13-17-28(18-14-25)46-21-7-22-47-32(45)33(36,37)34(38,39)35(40,41)42/h9-20,23H,3-8,21-22H2,1-2H3. The highest BCUT2D eigenvalue weighted by Gasteiger charge is 2.77. The second-order valence-corrected chi connectivity index (χ2v) is 11.1. The van der Waals surface area contributed by atoms with Crippen LogP contribution in [0.5, 0.6) is 11.5 Å². The summed E-state index contributed by atoms with van der Waals surface area (Å²) in [7, 11) is 0. The maximum atomic E-state index is 13.3. The molecule has 0 saturated carbocycles.